The lowest BCUT2D eigenvalue weighted by atomic mass is 10.1. The Morgan fingerprint density at radius 3 is 2.45 bits per heavy atom. The number of methoxy groups -OCH3 is 2. The van der Waals surface area contributed by atoms with Gasteiger partial charge in [-0.15, -0.1) is 0 Å². The zero-order valence-electron chi connectivity index (χ0n) is 12.6. The largest absolute Gasteiger partial charge is 0.493 e. The Labute approximate surface area is 119 Å². The number of hydrogen-bond donors (Lipinski definition) is 1. The molecule has 0 bridgehead atoms. The first-order valence-electron chi connectivity index (χ1n) is 6.54. The van der Waals surface area contributed by atoms with Crippen molar-refractivity contribution >= 4 is 5.69 Å². The van der Waals surface area contributed by atoms with Gasteiger partial charge >= 0.3 is 0 Å². The lowest BCUT2D eigenvalue weighted by Crippen LogP contribution is -2.07. The molecule has 2 rings (SSSR count). The van der Waals surface area contributed by atoms with E-state index in [1.165, 1.54) is 5.56 Å². The van der Waals surface area contributed by atoms with Gasteiger partial charge in [0.2, 0.25) is 0 Å². The Balaban J connectivity index is 2.19. The minimum absolute atomic E-state index is 0.168. The summed E-state index contributed by atoms with van der Waals surface area (Å²) < 4.78 is 12.4. The van der Waals surface area contributed by atoms with Crippen molar-refractivity contribution in [3.63, 3.8) is 0 Å². The summed E-state index contributed by atoms with van der Waals surface area (Å²) in [7, 11) is 5.20. The molecule has 0 aliphatic carbocycles. The average molecular weight is 275 g/mol. The highest BCUT2D eigenvalue weighted by Crippen LogP contribution is 2.31. The first-order chi connectivity index (χ1) is 9.55. The monoisotopic (exact) mass is 275 g/mol. The quantitative estimate of drug-likeness (QED) is 0.911. The van der Waals surface area contributed by atoms with E-state index < -0.39 is 0 Å². The fraction of sp³-hybridized carbons (Fsp3) is 0.400. The van der Waals surface area contributed by atoms with E-state index in [4.69, 9.17) is 9.47 Å². The average Bonchev–Trinajstić information content (AvgIpc) is 2.77. The number of nitrogens with zero attached hydrogens (tertiary/aromatic N) is 2. The highest BCUT2D eigenvalue weighted by Gasteiger charge is 2.12. The number of ether oxygens (including phenoxy) is 2. The molecule has 1 atom stereocenters. The van der Waals surface area contributed by atoms with Crippen molar-refractivity contribution in [3.8, 4) is 11.5 Å². The minimum Gasteiger partial charge on any atom is -0.493 e. The zero-order chi connectivity index (χ0) is 14.7. The standard InChI is InChI=1S/C15H21N3O2/c1-10(13-9-18(3)17-11(13)2)16-12-6-7-14(19-4)15(8-12)20-5/h6-10,16H,1-5H3. The van der Waals surface area contributed by atoms with Gasteiger partial charge in [-0.25, -0.2) is 0 Å². The van der Waals surface area contributed by atoms with Crippen molar-refractivity contribution in [2.75, 3.05) is 19.5 Å². The number of hydrogen-bond acceptors (Lipinski definition) is 4. The molecule has 1 aromatic heterocycles. The van der Waals surface area contributed by atoms with Gasteiger partial charge in [0.1, 0.15) is 0 Å². The van der Waals surface area contributed by atoms with Crippen LogP contribution in [0.25, 0.3) is 0 Å². The summed E-state index contributed by atoms with van der Waals surface area (Å²) in [6.45, 7) is 4.13. The number of anilines is 1. The van der Waals surface area contributed by atoms with Crippen molar-refractivity contribution < 1.29 is 9.47 Å². The summed E-state index contributed by atoms with van der Waals surface area (Å²) in [6, 6.07) is 5.97. The van der Waals surface area contributed by atoms with Gasteiger partial charge in [0.15, 0.2) is 11.5 Å². The van der Waals surface area contributed by atoms with Crippen LogP contribution in [0, 0.1) is 6.92 Å². The molecule has 0 aliphatic rings. The molecule has 0 fully saturated rings. The molecule has 5 nitrogen and oxygen atoms in total. The summed E-state index contributed by atoms with van der Waals surface area (Å²) in [5.41, 5.74) is 3.20. The molecule has 0 amide bonds. The summed E-state index contributed by atoms with van der Waals surface area (Å²) >= 11 is 0. The van der Waals surface area contributed by atoms with Crippen molar-refractivity contribution in [2.45, 2.75) is 19.9 Å². The van der Waals surface area contributed by atoms with Gasteiger partial charge in [-0.05, 0) is 26.0 Å². The number of benzene rings is 1. The van der Waals surface area contributed by atoms with Gasteiger partial charge in [-0.1, -0.05) is 0 Å². The molecule has 20 heavy (non-hydrogen) atoms. The molecular formula is C15H21N3O2. The van der Waals surface area contributed by atoms with E-state index in [9.17, 15) is 0 Å². The normalized spacial score (nSPS) is 12.1. The number of aromatic nitrogens is 2. The predicted molar refractivity (Wildman–Crippen MR) is 79.5 cm³/mol. The van der Waals surface area contributed by atoms with Crippen LogP contribution in [-0.4, -0.2) is 24.0 Å². The van der Waals surface area contributed by atoms with Crippen LogP contribution in [-0.2, 0) is 7.05 Å². The Hall–Kier alpha value is -2.17. The molecule has 1 heterocycles. The SMILES string of the molecule is COc1ccc(NC(C)c2cn(C)nc2C)cc1OC. The lowest BCUT2D eigenvalue weighted by Gasteiger charge is -2.16. The third-order valence-electron chi connectivity index (χ3n) is 3.28. The molecule has 1 unspecified atom stereocenters. The molecule has 0 spiro atoms. The van der Waals surface area contributed by atoms with Crippen molar-refractivity contribution in [1.29, 1.82) is 0 Å². The number of aryl methyl sites for hydroxylation is 2. The molecule has 0 aliphatic heterocycles. The molecule has 108 valence electrons. The maximum atomic E-state index is 5.31. The van der Waals surface area contributed by atoms with E-state index in [2.05, 4.69) is 17.3 Å². The van der Waals surface area contributed by atoms with Crippen molar-refractivity contribution in [2.24, 2.45) is 7.05 Å². The summed E-state index contributed by atoms with van der Waals surface area (Å²) in [4.78, 5) is 0. The van der Waals surface area contributed by atoms with Gasteiger partial charge in [-0.2, -0.15) is 5.10 Å². The third-order valence-corrected chi connectivity index (χ3v) is 3.28. The smallest absolute Gasteiger partial charge is 0.162 e. The maximum absolute atomic E-state index is 5.31. The Kier molecular flexibility index (Phi) is 4.17. The van der Waals surface area contributed by atoms with Crippen LogP contribution >= 0.6 is 0 Å². The first-order valence-corrected chi connectivity index (χ1v) is 6.54. The zero-order valence-corrected chi connectivity index (χ0v) is 12.6. The molecule has 0 saturated carbocycles. The van der Waals surface area contributed by atoms with Crippen LogP contribution in [0.3, 0.4) is 0 Å². The van der Waals surface area contributed by atoms with Crippen molar-refractivity contribution in [3.05, 3.63) is 35.7 Å². The lowest BCUT2D eigenvalue weighted by molar-refractivity contribution is 0.355. The van der Waals surface area contributed by atoms with Gasteiger partial charge in [0.05, 0.1) is 26.0 Å². The second-order valence-electron chi connectivity index (χ2n) is 4.78. The molecule has 1 aromatic carbocycles. The molecule has 0 saturated heterocycles. The summed E-state index contributed by atoms with van der Waals surface area (Å²) in [5, 5.41) is 7.82. The third kappa shape index (κ3) is 2.87. The van der Waals surface area contributed by atoms with E-state index in [0.717, 1.165) is 17.1 Å². The van der Waals surface area contributed by atoms with Crippen LogP contribution in [0.5, 0.6) is 11.5 Å². The van der Waals surface area contributed by atoms with Gasteiger partial charge in [-0.3, -0.25) is 4.68 Å². The van der Waals surface area contributed by atoms with E-state index in [0.29, 0.717) is 5.75 Å². The highest BCUT2D eigenvalue weighted by atomic mass is 16.5. The minimum atomic E-state index is 0.168. The summed E-state index contributed by atoms with van der Waals surface area (Å²) in [5.74, 6) is 1.44. The fourth-order valence-corrected chi connectivity index (χ4v) is 2.30. The Morgan fingerprint density at radius 1 is 1.20 bits per heavy atom. The topological polar surface area (TPSA) is 48.3 Å². The number of nitrogens with one attached hydrogen (secondary N) is 1. The molecular weight excluding hydrogens is 254 g/mol. The Morgan fingerprint density at radius 2 is 1.90 bits per heavy atom. The predicted octanol–water partition coefficient (Wildman–Crippen LogP) is 2.92. The molecule has 0 radical (unpaired) electrons. The van der Waals surface area contributed by atoms with Crippen LogP contribution in [0.1, 0.15) is 24.2 Å². The second kappa shape index (κ2) is 5.86. The fourth-order valence-electron chi connectivity index (χ4n) is 2.30. The number of rotatable bonds is 5. The van der Waals surface area contributed by atoms with E-state index in [1.54, 1.807) is 14.2 Å². The van der Waals surface area contributed by atoms with Crippen LogP contribution in [0.2, 0.25) is 0 Å². The van der Waals surface area contributed by atoms with Gasteiger partial charge in [0.25, 0.3) is 0 Å². The van der Waals surface area contributed by atoms with E-state index >= 15 is 0 Å². The van der Waals surface area contributed by atoms with Gasteiger partial charge < -0.3 is 14.8 Å². The molecule has 2 aromatic rings. The molecule has 5 heteroatoms. The van der Waals surface area contributed by atoms with Crippen LogP contribution in [0.4, 0.5) is 5.69 Å². The first kappa shape index (κ1) is 14.2. The highest BCUT2D eigenvalue weighted by molar-refractivity contribution is 5.55. The van der Waals surface area contributed by atoms with Gasteiger partial charge in [0, 0.05) is 30.6 Å². The van der Waals surface area contributed by atoms with E-state index in [1.807, 2.05) is 43.0 Å². The van der Waals surface area contributed by atoms with Crippen LogP contribution in [0.15, 0.2) is 24.4 Å². The van der Waals surface area contributed by atoms with Crippen molar-refractivity contribution in [1.82, 2.24) is 9.78 Å². The van der Waals surface area contributed by atoms with Crippen LogP contribution < -0.4 is 14.8 Å². The molecule has 1 N–H and O–H groups in total. The maximum Gasteiger partial charge on any atom is 0.162 e. The summed E-state index contributed by atoms with van der Waals surface area (Å²) in [6.07, 6.45) is 2.04. The second-order valence-corrected chi connectivity index (χ2v) is 4.78. The Bertz CT molecular complexity index is 593. The van der Waals surface area contributed by atoms with E-state index in [-0.39, 0.29) is 6.04 Å².